The number of nitriles is 1. The Morgan fingerprint density at radius 3 is 2.50 bits per heavy atom. The van der Waals surface area contributed by atoms with Crippen molar-refractivity contribution in [1.29, 1.82) is 5.26 Å². The van der Waals surface area contributed by atoms with Crippen molar-refractivity contribution in [1.82, 2.24) is 0 Å². The maximum atomic E-state index is 9.16. The Morgan fingerprint density at radius 2 is 1.85 bits per heavy atom. The Bertz CT molecular complexity index is 677. The number of anilines is 1. The Kier molecular flexibility index (Phi) is 4.77. The molecule has 0 amide bonds. The molecular formula is C15H11Cl3N2. The van der Waals surface area contributed by atoms with Crippen LogP contribution in [0.5, 0.6) is 0 Å². The number of halogens is 3. The summed E-state index contributed by atoms with van der Waals surface area (Å²) in [4.78, 5) is 0. The van der Waals surface area contributed by atoms with Gasteiger partial charge in [-0.3, -0.25) is 0 Å². The molecule has 1 unspecified atom stereocenters. The molecule has 0 aliphatic rings. The van der Waals surface area contributed by atoms with Gasteiger partial charge >= 0.3 is 0 Å². The minimum Gasteiger partial charge on any atom is -0.377 e. The summed E-state index contributed by atoms with van der Waals surface area (Å²) >= 11 is 18.1. The number of rotatable bonds is 3. The van der Waals surface area contributed by atoms with Gasteiger partial charge in [-0.25, -0.2) is 0 Å². The fourth-order valence-electron chi connectivity index (χ4n) is 1.92. The zero-order valence-corrected chi connectivity index (χ0v) is 12.9. The van der Waals surface area contributed by atoms with Crippen molar-refractivity contribution in [2.24, 2.45) is 0 Å². The smallest absolute Gasteiger partial charge is 0.103 e. The Hall–Kier alpha value is -1.40. The van der Waals surface area contributed by atoms with Gasteiger partial charge in [0.2, 0.25) is 0 Å². The van der Waals surface area contributed by atoms with E-state index in [0.29, 0.717) is 26.3 Å². The molecule has 20 heavy (non-hydrogen) atoms. The monoisotopic (exact) mass is 324 g/mol. The first-order valence-corrected chi connectivity index (χ1v) is 7.06. The van der Waals surface area contributed by atoms with E-state index in [1.807, 2.05) is 19.1 Å². The average molecular weight is 326 g/mol. The molecule has 2 aromatic rings. The molecule has 102 valence electrons. The molecular weight excluding hydrogens is 315 g/mol. The molecule has 0 spiro atoms. The number of hydrogen-bond acceptors (Lipinski definition) is 2. The van der Waals surface area contributed by atoms with Crippen LogP contribution in [0.1, 0.15) is 24.1 Å². The summed E-state index contributed by atoms with van der Waals surface area (Å²) in [6.45, 7) is 1.96. The van der Waals surface area contributed by atoms with E-state index in [1.165, 1.54) is 0 Å². The van der Waals surface area contributed by atoms with Gasteiger partial charge < -0.3 is 5.32 Å². The lowest BCUT2D eigenvalue weighted by Gasteiger charge is -2.18. The van der Waals surface area contributed by atoms with E-state index >= 15 is 0 Å². The summed E-state index contributed by atoms with van der Waals surface area (Å²) in [5.74, 6) is 0. The molecule has 5 heteroatoms. The molecule has 0 saturated carbocycles. The van der Waals surface area contributed by atoms with Crippen LogP contribution >= 0.6 is 34.8 Å². The van der Waals surface area contributed by atoms with Gasteiger partial charge in [0.05, 0.1) is 22.3 Å². The highest BCUT2D eigenvalue weighted by atomic mass is 35.5. The van der Waals surface area contributed by atoms with Crippen molar-refractivity contribution in [2.75, 3.05) is 5.32 Å². The second kappa shape index (κ2) is 6.37. The first kappa shape index (κ1) is 15.0. The van der Waals surface area contributed by atoms with Gasteiger partial charge in [-0.05, 0) is 36.8 Å². The highest BCUT2D eigenvalue weighted by Crippen LogP contribution is 2.31. The summed E-state index contributed by atoms with van der Waals surface area (Å²) in [6, 6.07) is 12.6. The zero-order chi connectivity index (χ0) is 14.7. The topological polar surface area (TPSA) is 35.8 Å². The minimum absolute atomic E-state index is 0.0784. The van der Waals surface area contributed by atoms with Crippen LogP contribution in [0.3, 0.4) is 0 Å². The molecule has 0 aromatic heterocycles. The third-order valence-corrected chi connectivity index (χ3v) is 3.80. The van der Waals surface area contributed by atoms with Gasteiger partial charge in [0, 0.05) is 10.0 Å². The van der Waals surface area contributed by atoms with Crippen LogP contribution in [-0.2, 0) is 0 Å². The van der Waals surface area contributed by atoms with Gasteiger partial charge in [0.1, 0.15) is 6.07 Å². The average Bonchev–Trinajstić information content (AvgIpc) is 2.38. The van der Waals surface area contributed by atoms with Crippen molar-refractivity contribution >= 4 is 40.5 Å². The van der Waals surface area contributed by atoms with Crippen LogP contribution in [0.15, 0.2) is 36.4 Å². The molecule has 1 N–H and O–H groups in total. The normalized spacial score (nSPS) is 11.8. The lowest BCUT2D eigenvalue weighted by atomic mass is 10.1. The molecule has 2 nitrogen and oxygen atoms in total. The van der Waals surface area contributed by atoms with E-state index in [9.17, 15) is 0 Å². The van der Waals surface area contributed by atoms with Crippen LogP contribution in [0.25, 0.3) is 0 Å². The Labute approximate surface area is 132 Å². The Morgan fingerprint density at radius 1 is 1.10 bits per heavy atom. The molecule has 2 aromatic carbocycles. The number of hydrogen-bond donors (Lipinski definition) is 1. The Balaban J connectivity index is 2.31. The zero-order valence-electron chi connectivity index (χ0n) is 10.6. The SMILES string of the molecule is CC(Nc1cccc(Cl)c1C#N)c1ccc(Cl)cc1Cl. The molecule has 1 atom stereocenters. The van der Waals surface area contributed by atoms with Crippen molar-refractivity contribution in [3.8, 4) is 6.07 Å². The van der Waals surface area contributed by atoms with Crippen LogP contribution in [-0.4, -0.2) is 0 Å². The molecule has 0 aliphatic carbocycles. The van der Waals surface area contributed by atoms with Crippen LogP contribution in [0.4, 0.5) is 5.69 Å². The van der Waals surface area contributed by atoms with Crippen LogP contribution in [0.2, 0.25) is 15.1 Å². The third-order valence-electron chi connectivity index (χ3n) is 2.93. The van der Waals surface area contributed by atoms with E-state index in [4.69, 9.17) is 40.1 Å². The van der Waals surface area contributed by atoms with Crippen LogP contribution < -0.4 is 5.32 Å². The lowest BCUT2D eigenvalue weighted by Crippen LogP contribution is -2.08. The summed E-state index contributed by atoms with van der Waals surface area (Å²) in [7, 11) is 0. The molecule has 2 rings (SSSR count). The van der Waals surface area contributed by atoms with E-state index in [1.54, 1.807) is 24.3 Å². The maximum absolute atomic E-state index is 9.16. The largest absolute Gasteiger partial charge is 0.377 e. The van der Waals surface area contributed by atoms with Crippen molar-refractivity contribution in [2.45, 2.75) is 13.0 Å². The fourth-order valence-corrected chi connectivity index (χ4v) is 2.71. The van der Waals surface area contributed by atoms with Gasteiger partial charge in [-0.1, -0.05) is 46.9 Å². The first-order chi connectivity index (χ1) is 9.52. The maximum Gasteiger partial charge on any atom is 0.103 e. The highest BCUT2D eigenvalue weighted by Gasteiger charge is 2.13. The van der Waals surface area contributed by atoms with Crippen molar-refractivity contribution in [3.63, 3.8) is 0 Å². The predicted octanol–water partition coefficient (Wildman–Crippen LogP) is 5.69. The van der Waals surface area contributed by atoms with E-state index in [2.05, 4.69) is 11.4 Å². The van der Waals surface area contributed by atoms with Gasteiger partial charge in [-0.2, -0.15) is 5.26 Å². The molecule has 0 radical (unpaired) electrons. The standard InChI is InChI=1S/C15H11Cl3N2/c1-9(11-6-5-10(16)7-14(11)18)20-15-4-2-3-13(17)12(15)8-19/h2-7,9,20H,1H3. The summed E-state index contributed by atoms with van der Waals surface area (Å²) in [5.41, 5.74) is 2.00. The van der Waals surface area contributed by atoms with Gasteiger partial charge in [0.15, 0.2) is 0 Å². The second-order valence-electron chi connectivity index (χ2n) is 4.31. The minimum atomic E-state index is -0.0784. The van der Waals surface area contributed by atoms with Gasteiger partial charge in [0.25, 0.3) is 0 Å². The summed E-state index contributed by atoms with van der Waals surface area (Å²) in [6.07, 6.45) is 0. The number of nitrogens with zero attached hydrogens (tertiary/aromatic N) is 1. The number of benzene rings is 2. The quantitative estimate of drug-likeness (QED) is 0.786. The molecule has 0 bridgehead atoms. The van der Waals surface area contributed by atoms with Crippen LogP contribution in [0, 0.1) is 11.3 Å². The van der Waals surface area contributed by atoms with E-state index < -0.39 is 0 Å². The van der Waals surface area contributed by atoms with E-state index in [0.717, 1.165) is 5.56 Å². The molecule has 0 fully saturated rings. The molecule has 0 saturated heterocycles. The summed E-state index contributed by atoms with van der Waals surface area (Å²) < 4.78 is 0. The second-order valence-corrected chi connectivity index (χ2v) is 5.56. The lowest BCUT2D eigenvalue weighted by molar-refractivity contribution is 0.884. The summed E-state index contributed by atoms with van der Waals surface area (Å²) in [5, 5.41) is 14.0. The van der Waals surface area contributed by atoms with Gasteiger partial charge in [-0.15, -0.1) is 0 Å². The highest BCUT2D eigenvalue weighted by molar-refractivity contribution is 6.35. The van der Waals surface area contributed by atoms with E-state index in [-0.39, 0.29) is 6.04 Å². The number of nitrogens with one attached hydrogen (secondary N) is 1. The van der Waals surface area contributed by atoms with Crippen molar-refractivity contribution < 1.29 is 0 Å². The fraction of sp³-hybridized carbons (Fsp3) is 0.133. The van der Waals surface area contributed by atoms with Crippen molar-refractivity contribution in [3.05, 3.63) is 62.6 Å². The molecule has 0 aliphatic heterocycles. The first-order valence-electron chi connectivity index (χ1n) is 5.93. The third kappa shape index (κ3) is 3.19. The predicted molar refractivity (Wildman–Crippen MR) is 84.7 cm³/mol. The molecule has 0 heterocycles.